The van der Waals surface area contributed by atoms with Gasteiger partial charge in [-0.25, -0.2) is 0 Å². The number of halogens is 3. The summed E-state index contributed by atoms with van der Waals surface area (Å²) >= 11 is 17.6. The first kappa shape index (κ1) is 28.8. The zero-order valence-electron chi connectivity index (χ0n) is 20.8. The van der Waals surface area contributed by atoms with Gasteiger partial charge in [0.2, 0.25) is 0 Å². The molecule has 1 aliphatic rings. The van der Waals surface area contributed by atoms with Gasteiger partial charge in [-0.2, -0.15) is 0 Å². The molecule has 9 heteroatoms. The van der Waals surface area contributed by atoms with Crippen LogP contribution in [-0.2, 0) is 43.6 Å². The highest BCUT2D eigenvalue weighted by atomic mass is 35.6. The van der Waals surface area contributed by atoms with E-state index in [0.29, 0.717) is 13.2 Å². The van der Waals surface area contributed by atoms with Crippen LogP contribution in [0.25, 0.3) is 0 Å². The van der Waals surface area contributed by atoms with E-state index >= 15 is 0 Å². The van der Waals surface area contributed by atoms with E-state index < -0.39 is 40.3 Å². The van der Waals surface area contributed by atoms with E-state index in [0.717, 1.165) is 16.7 Å². The maximum absolute atomic E-state index is 12.6. The fourth-order valence-corrected chi connectivity index (χ4v) is 4.41. The molecule has 5 atom stereocenters. The number of nitrogens with one attached hydrogen (secondary N) is 1. The predicted octanol–water partition coefficient (Wildman–Crippen LogP) is 5.97. The van der Waals surface area contributed by atoms with Gasteiger partial charge in [0.15, 0.2) is 6.23 Å². The number of ether oxygens (including phenoxy) is 4. The molecule has 0 aliphatic carbocycles. The SMILES string of the molecule is C[C@H]1O[C@H](NC(=O)C(Cl)(Cl)Cl)[C@@H](OCc2ccccc2)[C@@H](OCc2ccccc2)[C@@H]1OCc1ccccc1. The minimum atomic E-state index is -2.17. The van der Waals surface area contributed by atoms with Gasteiger partial charge in [0.05, 0.1) is 25.9 Å². The minimum absolute atomic E-state index is 0.250. The average molecular weight is 579 g/mol. The summed E-state index contributed by atoms with van der Waals surface area (Å²) in [5.41, 5.74) is 2.94. The summed E-state index contributed by atoms with van der Waals surface area (Å²) in [6.45, 7) is 2.76. The highest BCUT2D eigenvalue weighted by Crippen LogP contribution is 2.31. The van der Waals surface area contributed by atoms with E-state index in [2.05, 4.69) is 5.32 Å². The van der Waals surface area contributed by atoms with Gasteiger partial charge in [-0.15, -0.1) is 0 Å². The number of amides is 1. The molecule has 1 fully saturated rings. The second-order valence-corrected chi connectivity index (χ2v) is 11.3. The molecule has 0 radical (unpaired) electrons. The maximum atomic E-state index is 12.6. The zero-order valence-corrected chi connectivity index (χ0v) is 23.1. The highest BCUT2D eigenvalue weighted by molar-refractivity contribution is 6.76. The van der Waals surface area contributed by atoms with Crippen LogP contribution in [0.3, 0.4) is 0 Å². The molecule has 0 bridgehead atoms. The summed E-state index contributed by atoms with van der Waals surface area (Å²) < 4.78 is 23.2. The summed E-state index contributed by atoms with van der Waals surface area (Å²) in [4.78, 5) is 12.6. The third-order valence-electron chi connectivity index (χ3n) is 6.16. The Balaban J connectivity index is 1.61. The fourth-order valence-electron chi connectivity index (χ4n) is 4.24. The second kappa shape index (κ2) is 13.8. The lowest BCUT2D eigenvalue weighted by Gasteiger charge is -2.45. The van der Waals surface area contributed by atoms with E-state index in [9.17, 15) is 4.79 Å². The lowest BCUT2D eigenvalue weighted by Crippen LogP contribution is -2.64. The molecule has 1 amide bonds. The van der Waals surface area contributed by atoms with Crippen LogP contribution in [0.1, 0.15) is 23.6 Å². The monoisotopic (exact) mass is 577 g/mol. The molecule has 3 aromatic rings. The largest absolute Gasteiger partial charge is 0.368 e. The van der Waals surface area contributed by atoms with Crippen molar-refractivity contribution in [2.75, 3.05) is 0 Å². The Hall–Kier alpha value is -2.16. The smallest absolute Gasteiger partial charge is 0.274 e. The van der Waals surface area contributed by atoms with E-state index in [1.165, 1.54) is 0 Å². The van der Waals surface area contributed by atoms with Crippen LogP contribution in [-0.4, -0.2) is 40.3 Å². The Morgan fingerprint density at radius 3 is 1.53 bits per heavy atom. The summed E-state index contributed by atoms with van der Waals surface area (Å²) in [6.07, 6.45) is -3.33. The van der Waals surface area contributed by atoms with Gasteiger partial charge in [-0.3, -0.25) is 4.79 Å². The van der Waals surface area contributed by atoms with Gasteiger partial charge >= 0.3 is 0 Å². The molecule has 1 saturated heterocycles. The van der Waals surface area contributed by atoms with Crippen LogP contribution in [0.5, 0.6) is 0 Å². The quantitative estimate of drug-likeness (QED) is 0.300. The summed E-state index contributed by atoms with van der Waals surface area (Å²) in [7, 11) is 0. The van der Waals surface area contributed by atoms with Crippen molar-refractivity contribution in [1.82, 2.24) is 5.32 Å². The Kier molecular flexibility index (Phi) is 10.4. The molecule has 0 saturated carbocycles. The molecule has 4 rings (SSSR count). The first-order valence-corrected chi connectivity index (χ1v) is 13.4. The van der Waals surface area contributed by atoms with E-state index in [1.54, 1.807) is 0 Å². The summed E-state index contributed by atoms with van der Waals surface area (Å²) in [5.74, 6) is -0.821. The molecule has 1 aliphatic heterocycles. The van der Waals surface area contributed by atoms with Gasteiger partial charge in [-0.1, -0.05) is 126 Å². The molecule has 0 aromatic heterocycles. The maximum Gasteiger partial charge on any atom is 0.274 e. The molecule has 1 heterocycles. The molecule has 38 heavy (non-hydrogen) atoms. The lowest BCUT2D eigenvalue weighted by molar-refractivity contribution is -0.266. The first-order valence-electron chi connectivity index (χ1n) is 12.3. The Morgan fingerprint density at radius 1 is 0.711 bits per heavy atom. The Morgan fingerprint density at radius 2 is 1.11 bits per heavy atom. The third-order valence-corrected chi connectivity index (χ3v) is 6.67. The van der Waals surface area contributed by atoms with Crippen molar-refractivity contribution >= 4 is 40.7 Å². The number of carbonyl (C=O) groups excluding carboxylic acids is 1. The van der Waals surface area contributed by atoms with Crippen molar-refractivity contribution in [3.8, 4) is 0 Å². The lowest BCUT2D eigenvalue weighted by atomic mass is 9.97. The van der Waals surface area contributed by atoms with Gasteiger partial charge in [0, 0.05) is 0 Å². The number of carbonyl (C=O) groups is 1. The van der Waals surface area contributed by atoms with Gasteiger partial charge in [0.25, 0.3) is 9.70 Å². The predicted molar refractivity (Wildman–Crippen MR) is 148 cm³/mol. The molecule has 1 N–H and O–H groups in total. The van der Waals surface area contributed by atoms with Crippen molar-refractivity contribution in [2.45, 2.75) is 61.2 Å². The molecule has 0 unspecified atom stereocenters. The number of hydrogen-bond acceptors (Lipinski definition) is 5. The molecular formula is C29H30Cl3NO5. The fraction of sp³-hybridized carbons (Fsp3) is 0.345. The van der Waals surface area contributed by atoms with Crippen molar-refractivity contribution in [3.63, 3.8) is 0 Å². The van der Waals surface area contributed by atoms with Crippen molar-refractivity contribution < 1.29 is 23.7 Å². The summed E-state index contributed by atoms with van der Waals surface area (Å²) in [5, 5.41) is 2.68. The standard InChI is InChI=1S/C29H30Cl3NO5/c1-20-24(35-17-21-11-5-2-6-12-21)25(36-18-22-13-7-3-8-14-22)26(37-19-23-15-9-4-10-16-23)27(38-20)33-28(34)29(30,31)32/h2-16,20,24-27H,17-19H2,1H3,(H,33,34)/t20-,24-,25+,26+,27+/m1/s1. The van der Waals surface area contributed by atoms with Crippen molar-refractivity contribution in [3.05, 3.63) is 108 Å². The van der Waals surface area contributed by atoms with Crippen LogP contribution in [0.2, 0.25) is 0 Å². The van der Waals surface area contributed by atoms with Crippen molar-refractivity contribution in [2.24, 2.45) is 0 Å². The van der Waals surface area contributed by atoms with E-state index in [4.69, 9.17) is 53.8 Å². The topological polar surface area (TPSA) is 66.0 Å². The molecule has 202 valence electrons. The molecule has 6 nitrogen and oxygen atoms in total. The molecule has 0 spiro atoms. The Bertz CT molecular complexity index is 1130. The highest BCUT2D eigenvalue weighted by Gasteiger charge is 2.48. The van der Waals surface area contributed by atoms with E-state index in [1.807, 2.05) is 97.9 Å². The van der Waals surface area contributed by atoms with Gasteiger partial charge in [0.1, 0.15) is 18.3 Å². The third kappa shape index (κ3) is 8.17. The van der Waals surface area contributed by atoms with Crippen LogP contribution in [0.15, 0.2) is 91.0 Å². The van der Waals surface area contributed by atoms with Crippen LogP contribution >= 0.6 is 34.8 Å². The van der Waals surface area contributed by atoms with E-state index in [-0.39, 0.29) is 6.61 Å². The number of hydrogen-bond donors (Lipinski definition) is 1. The molecule has 3 aromatic carbocycles. The second-order valence-electron chi connectivity index (χ2n) is 9.02. The number of alkyl halides is 3. The average Bonchev–Trinajstić information content (AvgIpc) is 2.92. The Labute approximate surface area is 238 Å². The van der Waals surface area contributed by atoms with Gasteiger partial charge in [-0.05, 0) is 23.6 Å². The first-order chi connectivity index (χ1) is 18.3. The van der Waals surface area contributed by atoms with Crippen LogP contribution < -0.4 is 5.32 Å². The van der Waals surface area contributed by atoms with Crippen LogP contribution in [0.4, 0.5) is 0 Å². The summed E-state index contributed by atoms with van der Waals surface area (Å²) in [6, 6.07) is 29.3. The van der Waals surface area contributed by atoms with Crippen molar-refractivity contribution in [1.29, 1.82) is 0 Å². The molecular weight excluding hydrogens is 549 g/mol. The minimum Gasteiger partial charge on any atom is -0.368 e. The number of benzene rings is 3. The van der Waals surface area contributed by atoms with Gasteiger partial charge < -0.3 is 24.3 Å². The zero-order chi connectivity index (χ0) is 27.0. The number of rotatable bonds is 10. The van der Waals surface area contributed by atoms with Crippen LogP contribution in [0, 0.1) is 0 Å². The normalized spacial score (nSPS) is 23.6.